The molecule has 1 saturated heterocycles. The number of hydrogen-bond acceptors (Lipinski definition) is 5. The summed E-state index contributed by atoms with van der Waals surface area (Å²) in [6, 6.07) is 12.9. The van der Waals surface area contributed by atoms with Crippen LogP contribution < -0.4 is 9.47 Å². The van der Waals surface area contributed by atoms with Crippen molar-refractivity contribution in [2.75, 3.05) is 26.7 Å². The van der Waals surface area contributed by atoms with Crippen LogP contribution in [-0.4, -0.2) is 47.5 Å². The number of aliphatic hydroxyl groups excluding tert-OH is 2. The molecule has 2 aromatic rings. The lowest BCUT2D eigenvalue weighted by atomic mass is 9.81. The molecule has 2 atom stereocenters. The number of piperidine rings is 1. The summed E-state index contributed by atoms with van der Waals surface area (Å²) in [6.45, 7) is 2.21. The van der Waals surface area contributed by atoms with Crippen molar-refractivity contribution in [2.24, 2.45) is 0 Å². The lowest BCUT2D eigenvalue weighted by Crippen LogP contribution is -2.51. The van der Waals surface area contributed by atoms with E-state index in [1.54, 1.807) is 19.2 Å². The first-order valence-corrected chi connectivity index (χ1v) is 10.1. The van der Waals surface area contributed by atoms with E-state index in [-0.39, 0.29) is 5.60 Å². The zero-order valence-electron chi connectivity index (χ0n) is 16.0. The highest BCUT2D eigenvalue weighted by Crippen LogP contribution is 2.45. The van der Waals surface area contributed by atoms with Gasteiger partial charge in [0.25, 0.3) is 0 Å². The van der Waals surface area contributed by atoms with Crippen LogP contribution in [0.25, 0.3) is 0 Å². The normalized spacial score (nSPS) is 22.4. The van der Waals surface area contributed by atoms with Gasteiger partial charge in [0.1, 0.15) is 17.1 Å². The van der Waals surface area contributed by atoms with Gasteiger partial charge < -0.3 is 24.6 Å². The maximum atomic E-state index is 10.6. The summed E-state index contributed by atoms with van der Waals surface area (Å²) in [5, 5.41) is 21.8. The summed E-state index contributed by atoms with van der Waals surface area (Å²) in [5.74, 6) is 1.44. The van der Waals surface area contributed by atoms with E-state index >= 15 is 0 Å². The molecule has 28 heavy (non-hydrogen) atoms. The van der Waals surface area contributed by atoms with Gasteiger partial charge in [0.15, 0.2) is 0 Å². The Labute approximate surface area is 170 Å². The second kappa shape index (κ2) is 7.91. The molecule has 1 spiro atoms. The van der Waals surface area contributed by atoms with E-state index in [2.05, 4.69) is 4.90 Å². The molecule has 5 nitrogen and oxygen atoms in total. The van der Waals surface area contributed by atoms with Crippen molar-refractivity contribution >= 4 is 11.6 Å². The van der Waals surface area contributed by atoms with Crippen molar-refractivity contribution in [2.45, 2.75) is 37.1 Å². The van der Waals surface area contributed by atoms with Crippen LogP contribution >= 0.6 is 11.6 Å². The molecule has 0 amide bonds. The molecule has 2 aliphatic rings. The van der Waals surface area contributed by atoms with Gasteiger partial charge in [-0.2, -0.15) is 0 Å². The van der Waals surface area contributed by atoms with Crippen LogP contribution in [0.15, 0.2) is 42.5 Å². The number of β-amino-alcohol motifs (C(OH)–C–C–N with tert-alkyl or cyclic N) is 1. The second-order valence-corrected chi connectivity index (χ2v) is 8.21. The number of hydrogen-bond donors (Lipinski definition) is 2. The molecular formula is C22H26ClNO4. The maximum Gasteiger partial charge on any atom is 0.129 e. The third-order valence-electron chi connectivity index (χ3n) is 5.92. The Morgan fingerprint density at radius 3 is 2.61 bits per heavy atom. The zero-order valence-corrected chi connectivity index (χ0v) is 16.7. The third-order valence-corrected chi connectivity index (χ3v) is 6.18. The van der Waals surface area contributed by atoms with Gasteiger partial charge in [0, 0.05) is 42.7 Å². The molecule has 2 aliphatic heterocycles. The third kappa shape index (κ3) is 3.98. The molecule has 0 bridgehead atoms. The molecule has 2 heterocycles. The first-order valence-electron chi connectivity index (χ1n) is 9.69. The molecule has 0 unspecified atom stereocenters. The van der Waals surface area contributed by atoms with E-state index in [1.807, 2.05) is 30.3 Å². The molecule has 0 aliphatic carbocycles. The largest absolute Gasteiger partial charge is 0.497 e. The zero-order chi connectivity index (χ0) is 19.7. The lowest BCUT2D eigenvalue weighted by Gasteiger charge is -2.46. The maximum absolute atomic E-state index is 10.6. The van der Waals surface area contributed by atoms with Crippen molar-refractivity contribution in [1.29, 1.82) is 0 Å². The minimum atomic E-state index is -0.547. The predicted octanol–water partition coefficient (Wildman–Crippen LogP) is 3.73. The van der Waals surface area contributed by atoms with E-state index < -0.39 is 12.2 Å². The fourth-order valence-electron chi connectivity index (χ4n) is 4.23. The van der Waals surface area contributed by atoms with Gasteiger partial charge >= 0.3 is 0 Å². The van der Waals surface area contributed by atoms with Crippen LogP contribution in [0.2, 0.25) is 5.02 Å². The Morgan fingerprint density at radius 1 is 1.21 bits per heavy atom. The summed E-state index contributed by atoms with van der Waals surface area (Å²) >= 11 is 5.92. The van der Waals surface area contributed by atoms with Crippen LogP contribution in [0.3, 0.4) is 0 Å². The van der Waals surface area contributed by atoms with Gasteiger partial charge in [0.2, 0.25) is 0 Å². The summed E-state index contributed by atoms with van der Waals surface area (Å²) < 4.78 is 11.7. The summed E-state index contributed by atoms with van der Waals surface area (Å²) in [4.78, 5) is 2.25. The smallest absolute Gasteiger partial charge is 0.129 e. The highest BCUT2D eigenvalue weighted by Gasteiger charge is 2.43. The van der Waals surface area contributed by atoms with Crippen molar-refractivity contribution in [3.63, 3.8) is 0 Å². The fraction of sp³-hybridized carbons (Fsp3) is 0.455. The summed E-state index contributed by atoms with van der Waals surface area (Å²) in [6.07, 6.45) is 1.15. The average Bonchev–Trinajstić information content (AvgIpc) is 2.70. The monoisotopic (exact) mass is 403 g/mol. The number of methoxy groups -OCH3 is 1. The minimum absolute atomic E-state index is 0.361. The SMILES string of the molecule is COc1ccc2c(c1)OC1(CCN(C[C@H](O)c3ccc(Cl)cc3)CC1)C[C@H]2O. The molecule has 1 fully saturated rings. The first kappa shape index (κ1) is 19.5. The van der Waals surface area contributed by atoms with Crippen molar-refractivity contribution in [3.05, 3.63) is 58.6 Å². The number of likely N-dealkylation sites (tertiary alicyclic amines) is 1. The topological polar surface area (TPSA) is 62.2 Å². The van der Waals surface area contributed by atoms with Crippen LogP contribution in [0.4, 0.5) is 0 Å². The molecule has 6 heteroatoms. The van der Waals surface area contributed by atoms with Gasteiger partial charge in [-0.1, -0.05) is 23.7 Å². The summed E-state index contributed by atoms with van der Waals surface area (Å²) in [5.41, 5.74) is 1.34. The number of benzene rings is 2. The van der Waals surface area contributed by atoms with Crippen molar-refractivity contribution in [1.82, 2.24) is 4.90 Å². The van der Waals surface area contributed by atoms with Crippen LogP contribution in [-0.2, 0) is 0 Å². The molecule has 0 radical (unpaired) electrons. The van der Waals surface area contributed by atoms with Crippen LogP contribution in [0.1, 0.15) is 42.6 Å². The number of aliphatic hydroxyl groups is 2. The highest BCUT2D eigenvalue weighted by molar-refractivity contribution is 6.30. The van der Waals surface area contributed by atoms with Gasteiger partial charge in [-0.05, 0) is 42.7 Å². The van der Waals surface area contributed by atoms with Crippen LogP contribution in [0.5, 0.6) is 11.5 Å². The quantitative estimate of drug-likeness (QED) is 0.814. The Morgan fingerprint density at radius 2 is 1.93 bits per heavy atom. The van der Waals surface area contributed by atoms with Gasteiger partial charge in [0.05, 0.1) is 19.3 Å². The first-order chi connectivity index (χ1) is 13.5. The van der Waals surface area contributed by atoms with Gasteiger partial charge in [-0.3, -0.25) is 0 Å². The molecule has 150 valence electrons. The Hall–Kier alpha value is -1.79. The molecule has 0 saturated carbocycles. The van der Waals surface area contributed by atoms with Crippen LogP contribution in [0, 0.1) is 0 Å². The second-order valence-electron chi connectivity index (χ2n) is 7.78. The Balaban J connectivity index is 1.40. The minimum Gasteiger partial charge on any atom is -0.497 e. The van der Waals surface area contributed by atoms with E-state index in [0.717, 1.165) is 42.8 Å². The number of nitrogens with zero attached hydrogens (tertiary/aromatic N) is 1. The molecule has 0 aromatic heterocycles. The summed E-state index contributed by atoms with van der Waals surface area (Å²) in [7, 11) is 1.63. The molecular weight excluding hydrogens is 378 g/mol. The molecule has 2 aromatic carbocycles. The van der Waals surface area contributed by atoms with E-state index in [1.165, 1.54) is 0 Å². The van der Waals surface area contributed by atoms with E-state index in [4.69, 9.17) is 21.1 Å². The van der Waals surface area contributed by atoms with Gasteiger partial charge in [-0.15, -0.1) is 0 Å². The molecule has 4 rings (SSSR count). The van der Waals surface area contributed by atoms with Crippen molar-refractivity contribution < 1.29 is 19.7 Å². The number of halogens is 1. The fourth-order valence-corrected chi connectivity index (χ4v) is 4.35. The van der Waals surface area contributed by atoms with Crippen molar-refractivity contribution in [3.8, 4) is 11.5 Å². The number of fused-ring (bicyclic) bond motifs is 1. The predicted molar refractivity (Wildman–Crippen MR) is 108 cm³/mol. The Bertz CT molecular complexity index is 818. The van der Waals surface area contributed by atoms with E-state index in [9.17, 15) is 10.2 Å². The lowest BCUT2D eigenvalue weighted by molar-refractivity contribution is -0.0588. The number of rotatable bonds is 4. The average molecular weight is 404 g/mol. The molecule has 2 N–H and O–H groups in total. The number of ether oxygens (including phenoxy) is 2. The van der Waals surface area contributed by atoms with E-state index in [0.29, 0.717) is 23.7 Å². The standard InChI is InChI=1S/C22H26ClNO4/c1-27-17-6-7-18-19(25)13-22(28-21(18)12-17)8-10-24(11-9-22)14-20(26)15-2-4-16(23)5-3-15/h2-7,12,19-20,25-26H,8-11,13-14H2,1H3/t19-,20+/m1/s1. The highest BCUT2D eigenvalue weighted by atomic mass is 35.5. The Kier molecular flexibility index (Phi) is 5.52. The van der Waals surface area contributed by atoms with Gasteiger partial charge in [-0.25, -0.2) is 0 Å².